The van der Waals surface area contributed by atoms with E-state index in [1.165, 1.54) is 0 Å². The van der Waals surface area contributed by atoms with Gasteiger partial charge in [0.15, 0.2) is 0 Å². The number of nitrogens with zero attached hydrogens (tertiary/aromatic N) is 2. The Morgan fingerprint density at radius 1 is 1.06 bits per heavy atom. The summed E-state index contributed by atoms with van der Waals surface area (Å²) in [6.07, 6.45) is 2.00. The first kappa shape index (κ1) is 27.7. The maximum Gasteiger partial charge on any atom is 0.303 e. The van der Waals surface area contributed by atoms with Gasteiger partial charge >= 0.3 is 5.97 Å². The van der Waals surface area contributed by atoms with Crippen molar-refractivity contribution >= 4 is 29.2 Å². The molecule has 1 heterocycles. The fourth-order valence-corrected chi connectivity index (χ4v) is 4.13. The van der Waals surface area contributed by atoms with E-state index < -0.39 is 5.97 Å². The average Bonchev–Trinajstić information content (AvgIpc) is 3.22. The number of hydrogen-bond donors (Lipinski definition) is 1. The average molecular weight is 535 g/mol. The summed E-state index contributed by atoms with van der Waals surface area (Å²) < 4.78 is 19.6. The van der Waals surface area contributed by atoms with Crippen molar-refractivity contribution in [3.8, 4) is 17.4 Å². The van der Waals surface area contributed by atoms with Gasteiger partial charge in [0.2, 0.25) is 5.88 Å². The van der Waals surface area contributed by atoms with Gasteiger partial charge in [0.1, 0.15) is 18.1 Å². The number of rotatable bonds is 14. The van der Waals surface area contributed by atoms with Crippen molar-refractivity contribution in [2.75, 3.05) is 6.61 Å². The van der Waals surface area contributed by atoms with Crippen molar-refractivity contribution < 1.29 is 24.1 Å². The predicted octanol–water partition coefficient (Wildman–Crippen LogP) is 6.60. The van der Waals surface area contributed by atoms with Gasteiger partial charge in [-0.1, -0.05) is 35.3 Å². The van der Waals surface area contributed by atoms with Crippen LogP contribution in [0.3, 0.4) is 0 Å². The molecule has 0 spiro atoms. The summed E-state index contributed by atoms with van der Waals surface area (Å²) in [5.41, 5.74) is 2.73. The van der Waals surface area contributed by atoms with Gasteiger partial charge in [0, 0.05) is 40.0 Å². The second-order valence-electron chi connectivity index (χ2n) is 8.60. The van der Waals surface area contributed by atoms with Gasteiger partial charge in [-0.15, -0.1) is 5.10 Å². The third kappa shape index (κ3) is 8.35. The molecule has 0 saturated heterocycles. The summed E-state index contributed by atoms with van der Waals surface area (Å²) >= 11 is 12.3. The fourth-order valence-electron chi connectivity index (χ4n) is 3.66. The predicted molar refractivity (Wildman–Crippen MR) is 141 cm³/mol. The van der Waals surface area contributed by atoms with Crippen molar-refractivity contribution in [2.24, 2.45) is 0 Å². The zero-order valence-corrected chi connectivity index (χ0v) is 22.3. The lowest BCUT2D eigenvalue weighted by molar-refractivity contribution is -0.137. The van der Waals surface area contributed by atoms with Gasteiger partial charge in [-0.25, -0.2) is 0 Å². The molecule has 0 aliphatic carbocycles. The number of hydrogen-bond acceptors (Lipinski definition) is 5. The maximum atomic E-state index is 10.9. The number of carbonyl (C=O) groups is 1. The Balaban J connectivity index is 1.62. The minimum atomic E-state index is -0.831. The molecule has 194 valence electrons. The lowest BCUT2D eigenvalue weighted by atomic mass is 10.1. The lowest BCUT2D eigenvalue weighted by Crippen LogP contribution is -2.07. The van der Waals surface area contributed by atoms with Crippen molar-refractivity contribution in [1.29, 1.82) is 0 Å². The van der Waals surface area contributed by atoms with Crippen LogP contribution < -0.4 is 14.2 Å². The van der Waals surface area contributed by atoms with Crippen LogP contribution in [0.1, 0.15) is 50.4 Å². The van der Waals surface area contributed by atoms with Crippen LogP contribution in [0.25, 0.3) is 0 Å². The van der Waals surface area contributed by atoms with Crippen LogP contribution in [0.15, 0.2) is 42.5 Å². The number of carboxylic acids is 1. The molecular weight excluding hydrogens is 503 g/mol. The monoisotopic (exact) mass is 534 g/mol. The van der Waals surface area contributed by atoms with Crippen LogP contribution in [0.5, 0.6) is 17.4 Å². The lowest BCUT2D eigenvalue weighted by Gasteiger charge is -2.16. The highest BCUT2D eigenvalue weighted by molar-refractivity contribution is 6.35. The molecule has 3 aromatic rings. The molecule has 1 N–H and O–H groups in total. The summed E-state index contributed by atoms with van der Waals surface area (Å²) in [5, 5.41) is 14.5. The highest BCUT2D eigenvalue weighted by Crippen LogP contribution is 2.29. The third-order valence-electron chi connectivity index (χ3n) is 5.38. The number of aryl methyl sites for hydroxylation is 3. The molecule has 1 aromatic heterocycles. The van der Waals surface area contributed by atoms with E-state index in [2.05, 4.69) is 5.10 Å². The zero-order valence-electron chi connectivity index (χ0n) is 20.8. The number of aliphatic carboxylic acids is 1. The van der Waals surface area contributed by atoms with Crippen LogP contribution in [-0.2, 0) is 30.8 Å². The molecule has 3 rings (SSSR count). The van der Waals surface area contributed by atoms with E-state index in [1.54, 1.807) is 16.8 Å². The Morgan fingerprint density at radius 2 is 1.83 bits per heavy atom. The molecule has 2 aromatic carbocycles. The van der Waals surface area contributed by atoms with Crippen LogP contribution in [-0.4, -0.2) is 33.6 Å². The Morgan fingerprint density at radius 3 is 2.53 bits per heavy atom. The molecule has 0 atom stereocenters. The number of carboxylic acid groups (broad SMARTS) is 1. The van der Waals surface area contributed by atoms with Crippen LogP contribution in [0.2, 0.25) is 10.0 Å². The largest absolute Gasteiger partial charge is 0.491 e. The molecule has 0 radical (unpaired) electrons. The minimum Gasteiger partial charge on any atom is -0.491 e. The van der Waals surface area contributed by atoms with E-state index in [0.717, 1.165) is 41.2 Å². The van der Waals surface area contributed by atoms with Gasteiger partial charge in [0.05, 0.1) is 19.1 Å². The van der Waals surface area contributed by atoms with E-state index in [4.69, 9.17) is 42.5 Å². The summed E-state index contributed by atoms with van der Waals surface area (Å²) in [4.78, 5) is 10.9. The molecule has 0 saturated carbocycles. The second kappa shape index (κ2) is 13.4. The first-order chi connectivity index (χ1) is 17.2. The van der Waals surface area contributed by atoms with Crippen molar-refractivity contribution in [3.05, 3.63) is 69.3 Å². The summed E-state index contributed by atoms with van der Waals surface area (Å²) in [6, 6.07) is 13.0. The Kier molecular flexibility index (Phi) is 10.3. The number of halogens is 2. The standard InChI is InChI=1S/C27H32Cl2N2O5/c1-4-31-22(10-12-27(32)33)15-26(30-31)34-13-5-6-19-8-11-23(36-18(2)3)16-25(19)35-17-20-7-9-21(28)14-24(20)29/h7-9,11,14-16,18H,4-6,10,12-13,17H2,1-3H3,(H,32,33). The van der Waals surface area contributed by atoms with Crippen molar-refractivity contribution in [3.63, 3.8) is 0 Å². The normalized spacial score (nSPS) is 11.1. The van der Waals surface area contributed by atoms with Crippen LogP contribution in [0, 0.1) is 0 Å². The zero-order chi connectivity index (χ0) is 26.1. The highest BCUT2D eigenvalue weighted by Gasteiger charge is 2.12. The quantitative estimate of drug-likeness (QED) is 0.234. The fraction of sp³-hybridized carbons (Fsp3) is 0.407. The SMILES string of the molecule is CCn1nc(OCCCc2ccc(OC(C)C)cc2OCc2ccc(Cl)cc2Cl)cc1CCC(=O)O. The minimum absolute atomic E-state index is 0.0473. The van der Waals surface area contributed by atoms with Gasteiger partial charge < -0.3 is 19.3 Å². The molecular formula is C27H32Cl2N2O5. The summed E-state index contributed by atoms with van der Waals surface area (Å²) in [7, 11) is 0. The van der Waals surface area contributed by atoms with Gasteiger partial charge in [-0.05, 0) is 63.8 Å². The van der Waals surface area contributed by atoms with E-state index in [1.807, 2.05) is 51.1 Å². The van der Waals surface area contributed by atoms with Gasteiger partial charge in [0.25, 0.3) is 0 Å². The van der Waals surface area contributed by atoms with Gasteiger partial charge in [-0.2, -0.15) is 0 Å². The topological polar surface area (TPSA) is 82.8 Å². The third-order valence-corrected chi connectivity index (χ3v) is 5.97. The Bertz CT molecular complexity index is 1160. The Labute approximate surface area is 221 Å². The van der Waals surface area contributed by atoms with Crippen molar-refractivity contribution in [2.45, 2.75) is 65.7 Å². The van der Waals surface area contributed by atoms with Crippen LogP contribution >= 0.6 is 23.2 Å². The van der Waals surface area contributed by atoms with E-state index in [0.29, 0.717) is 42.1 Å². The number of aromatic nitrogens is 2. The number of benzene rings is 2. The smallest absolute Gasteiger partial charge is 0.303 e. The molecule has 36 heavy (non-hydrogen) atoms. The van der Waals surface area contributed by atoms with E-state index >= 15 is 0 Å². The summed E-state index contributed by atoms with van der Waals surface area (Å²) in [5.74, 6) is 1.14. The van der Waals surface area contributed by atoms with Crippen molar-refractivity contribution in [1.82, 2.24) is 9.78 Å². The first-order valence-corrected chi connectivity index (χ1v) is 12.8. The molecule has 0 amide bonds. The second-order valence-corrected chi connectivity index (χ2v) is 9.44. The number of ether oxygens (including phenoxy) is 3. The first-order valence-electron chi connectivity index (χ1n) is 12.0. The summed E-state index contributed by atoms with van der Waals surface area (Å²) in [6.45, 7) is 7.34. The van der Waals surface area contributed by atoms with E-state index in [9.17, 15) is 4.79 Å². The molecule has 0 bridgehead atoms. The van der Waals surface area contributed by atoms with E-state index in [-0.39, 0.29) is 12.5 Å². The van der Waals surface area contributed by atoms with Gasteiger partial charge in [-0.3, -0.25) is 9.48 Å². The molecule has 0 aliphatic rings. The molecule has 0 aliphatic heterocycles. The molecule has 0 fully saturated rings. The highest BCUT2D eigenvalue weighted by atomic mass is 35.5. The van der Waals surface area contributed by atoms with Crippen LogP contribution in [0.4, 0.5) is 0 Å². The maximum absolute atomic E-state index is 10.9. The molecule has 7 nitrogen and oxygen atoms in total. The molecule has 9 heteroatoms. The molecule has 0 unspecified atom stereocenters. The Hall–Kier alpha value is -2.90.